The van der Waals surface area contributed by atoms with Gasteiger partial charge in [-0.1, -0.05) is 0 Å². The molecule has 22 heavy (non-hydrogen) atoms. The summed E-state index contributed by atoms with van der Waals surface area (Å²) in [6.07, 6.45) is 1.34. The number of benzene rings is 1. The molecule has 2 radical (unpaired) electrons. The summed E-state index contributed by atoms with van der Waals surface area (Å²) < 4.78 is 13.7. The zero-order chi connectivity index (χ0) is 15.9. The fraction of sp³-hybridized carbons (Fsp3) is 0. The van der Waals surface area contributed by atoms with Crippen LogP contribution in [0.3, 0.4) is 0 Å². The molecule has 1 aromatic carbocycles. The van der Waals surface area contributed by atoms with Crippen molar-refractivity contribution in [2.45, 2.75) is 0 Å². The van der Waals surface area contributed by atoms with Crippen LogP contribution in [0.25, 0.3) is 10.2 Å². The molecular weight excluding hydrogens is 392 g/mol. The van der Waals surface area contributed by atoms with Gasteiger partial charge in [0.2, 0.25) is 0 Å². The maximum atomic E-state index is 13.2. The number of nitrogens with zero attached hydrogens (tertiary/aromatic N) is 2. The van der Waals surface area contributed by atoms with E-state index >= 15 is 0 Å². The minimum atomic E-state index is -1.02. The summed E-state index contributed by atoms with van der Waals surface area (Å²) in [6, 6.07) is 4.19. The molecular formula is C13H6AsClFN3O2S. The van der Waals surface area contributed by atoms with Gasteiger partial charge in [-0.25, -0.2) is 0 Å². The van der Waals surface area contributed by atoms with Gasteiger partial charge in [0, 0.05) is 0 Å². The van der Waals surface area contributed by atoms with E-state index in [-0.39, 0.29) is 9.90 Å². The van der Waals surface area contributed by atoms with Crippen LogP contribution in [0.2, 0.25) is 5.02 Å². The van der Waals surface area contributed by atoms with Crippen LogP contribution in [0, 0.1) is 5.82 Å². The SMILES string of the molecule is O=C(O)c1sc2ncnc(Nc3ccc(F)c(Cl)c3)c2c1[As]. The van der Waals surface area contributed by atoms with Gasteiger partial charge in [0.1, 0.15) is 0 Å². The van der Waals surface area contributed by atoms with Gasteiger partial charge in [-0.15, -0.1) is 0 Å². The first-order chi connectivity index (χ1) is 10.5. The van der Waals surface area contributed by atoms with Crippen molar-refractivity contribution < 1.29 is 14.3 Å². The monoisotopic (exact) mass is 397 g/mol. The summed E-state index contributed by atoms with van der Waals surface area (Å²) in [6.45, 7) is 0. The standard InChI is InChI=1S/C13H6AsClFN3O2S/c14-9-8-11(19-5-1-2-7(16)6(15)3-5)17-4-18-12(8)22-10(9)13(20)21/h1-4H,(H,20,21)(H,17,18,19). The average molecular weight is 398 g/mol. The van der Waals surface area contributed by atoms with Crippen LogP contribution in [-0.4, -0.2) is 37.9 Å². The molecule has 110 valence electrons. The van der Waals surface area contributed by atoms with Crippen molar-refractivity contribution in [3.05, 3.63) is 40.2 Å². The maximum absolute atomic E-state index is 13.2. The third-order valence-corrected chi connectivity index (χ3v) is 5.48. The Hall–Kier alpha value is -1.69. The summed E-state index contributed by atoms with van der Waals surface area (Å²) in [5, 5.41) is 12.8. The van der Waals surface area contributed by atoms with E-state index in [2.05, 4.69) is 32.1 Å². The van der Waals surface area contributed by atoms with E-state index in [4.69, 9.17) is 11.6 Å². The van der Waals surface area contributed by atoms with E-state index in [1.54, 1.807) is 0 Å². The summed E-state index contributed by atoms with van der Waals surface area (Å²) >= 11 is 9.04. The number of aromatic nitrogens is 2. The number of aromatic carboxylic acids is 1. The molecule has 0 unspecified atom stereocenters. The van der Waals surface area contributed by atoms with Crippen LogP contribution in [0.1, 0.15) is 9.67 Å². The number of hydrogen-bond donors (Lipinski definition) is 2. The molecule has 0 atom stereocenters. The number of rotatable bonds is 3. The first-order valence-corrected chi connectivity index (χ1v) is 8.02. The Labute approximate surface area is 141 Å². The van der Waals surface area contributed by atoms with E-state index in [9.17, 15) is 14.3 Å². The van der Waals surface area contributed by atoms with Crippen LogP contribution >= 0.6 is 22.9 Å². The number of carboxylic acids is 1. The number of carboxylic acid groups (broad SMARTS) is 1. The van der Waals surface area contributed by atoms with Crippen molar-refractivity contribution in [3.8, 4) is 0 Å². The Morgan fingerprint density at radius 3 is 2.86 bits per heavy atom. The van der Waals surface area contributed by atoms with Crippen LogP contribution in [0.15, 0.2) is 24.5 Å². The molecule has 3 rings (SSSR count). The number of thiophene rings is 1. The summed E-state index contributed by atoms with van der Waals surface area (Å²) in [5.74, 6) is -1.10. The number of anilines is 2. The number of carbonyl (C=O) groups is 1. The van der Waals surface area contributed by atoms with Gasteiger partial charge >= 0.3 is 142 Å². The Morgan fingerprint density at radius 1 is 1.41 bits per heavy atom. The Morgan fingerprint density at radius 2 is 2.18 bits per heavy atom. The molecule has 3 aromatic rings. The van der Waals surface area contributed by atoms with Crippen molar-refractivity contribution >= 4 is 71.8 Å². The molecule has 2 aromatic heterocycles. The minimum absolute atomic E-state index is 0.0145. The van der Waals surface area contributed by atoms with Crippen molar-refractivity contribution in [2.24, 2.45) is 0 Å². The van der Waals surface area contributed by atoms with Gasteiger partial charge in [0.05, 0.1) is 0 Å². The predicted octanol–water partition coefficient (Wildman–Crippen LogP) is 2.72. The molecule has 5 nitrogen and oxygen atoms in total. The molecule has 0 fully saturated rings. The second-order valence-electron chi connectivity index (χ2n) is 4.24. The molecule has 9 heteroatoms. The van der Waals surface area contributed by atoms with Gasteiger partial charge in [0.15, 0.2) is 0 Å². The van der Waals surface area contributed by atoms with Crippen LogP contribution < -0.4 is 9.67 Å². The van der Waals surface area contributed by atoms with E-state index in [0.717, 1.165) is 11.3 Å². The summed E-state index contributed by atoms with van der Waals surface area (Å²) in [5.41, 5.74) is 0.543. The number of halogens is 2. The fourth-order valence-corrected chi connectivity index (χ4v) is 4.03. The quantitative estimate of drug-likeness (QED) is 0.665. The van der Waals surface area contributed by atoms with E-state index in [1.807, 2.05) is 0 Å². The molecule has 0 saturated carbocycles. The van der Waals surface area contributed by atoms with Gasteiger partial charge in [-0.2, -0.15) is 0 Å². The molecule has 0 saturated heterocycles. The van der Waals surface area contributed by atoms with E-state index in [1.165, 1.54) is 24.5 Å². The fourth-order valence-electron chi connectivity index (χ4n) is 1.87. The Kier molecular flexibility index (Phi) is 4.03. The zero-order valence-electron chi connectivity index (χ0n) is 10.7. The van der Waals surface area contributed by atoms with E-state index < -0.39 is 11.8 Å². The van der Waals surface area contributed by atoms with Crippen molar-refractivity contribution in [3.63, 3.8) is 0 Å². The Bertz CT molecular complexity index is 902. The van der Waals surface area contributed by atoms with Crippen LogP contribution in [0.5, 0.6) is 0 Å². The van der Waals surface area contributed by atoms with Gasteiger partial charge in [-0.3, -0.25) is 0 Å². The molecule has 2 N–H and O–H groups in total. The van der Waals surface area contributed by atoms with Crippen molar-refractivity contribution in [1.82, 2.24) is 9.97 Å². The summed E-state index contributed by atoms with van der Waals surface area (Å²) in [7, 11) is 0. The van der Waals surface area contributed by atoms with Gasteiger partial charge in [0.25, 0.3) is 0 Å². The molecule has 0 aliphatic carbocycles. The second kappa shape index (κ2) is 5.83. The summed E-state index contributed by atoms with van der Waals surface area (Å²) in [4.78, 5) is 20.2. The van der Waals surface area contributed by atoms with Gasteiger partial charge < -0.3 is 0 Å². The van der Waals surface area contributed by atoms with Gasteiger partial charge in [-0.05, 0) is 0 Å². The normalized spacial score (nSPS) is 10.9. The van der Waals surface area contributed by atoms with Crippen molar-refractivity contribution in [2.75, 3.05) is 5.32 Å². The number of fused-ring (bicyclic) bond motifs is 1. The molecule has 0 bridgehead atoms. The van der Waals surface area contributed by atoms with Crippen molar-refractivity contribution in [1.29, 1.82) is 0 Å². The third-order valence-electron chi connectivity index (χ3n) is 2.84. The first kappa shape index (κ1) is 15.2. The van der Waals surface area contributed by atoms with E-state index in [0.29, 0.717) is 26.1 Å². The molecule has 0 spiro atoms. The molecule has 2 heterocycles. The average Bonchev–Trinajstić information content (AvgIpc) is 2.81. The second-order valence-corrected chi connectivity index (χ2v) is 6.59. The van der Waals surface area contributed by atoms with Crippen LogP contribution in [0.4, 0.5) is 15.9 Å². The molecule has 0 aliphatic rings. The molecule has 0 aliphatic heterocycles. The Balaban J connectivity index is 2.10. The number of nitrogens with one attached hydrogen (secondary N) is 1. The molecule has 0 amide bonds. The third kappa shape index (κ3) is 2.67. The topological polar surface area (TPSA) is 75.1 Å². The predicted molar refractivity (Wildman–Crippen MR) is 84.5 cm³/mol. The van der Waals surface area contributed by atoms with Crippen LogP contribution in [-0.2, 0) is 0 Å². The first-order valence-electron chi connectivity index (χ1n) is 5.89. The zero-order valence-corrected chi connectivity index (χ0v) is 14.1. The number of hydrogen-bond acceptors (Lipinski definition) is 5.